The largest absolute Gasteiger partial charge is 0.341 e. The average molecular weight is 288 g/mol. The van der Waals surface area contributed by atoms with Crippen LogP contribution in [-0.4, -0.2) is 32.9 Å². The molecule has 2 aromatic rings. The molecule has 1 saturated heterocycles. The van der Waals surface area contributed by atoms with Crippen molar-refractivity contribution in [3.8, 4) is 0 Å². The summed E-state index contributed by atoms with van der Waals surface area (Å²) in [7, 11) is 0. The first-order chi connectivity index (χ1) is 10.2. The number of hydrogen-bond acceptors (Lipinski definition) is 4. The number of likely N-dealkylation sites (tertiary alicyclic amines) is 1. The zero-order valence-corrected chi connectivity index (χ0v) is 12.0. The average Bonchev–Trinajstić information content (AvgIpc) is 2.82. The van der Waals surface area contributed by atoms with Crippen molar-refractivity contribution in [2.75, 3.05) is 13.1 Å². The lowest BCUT2D eigenvalue weighted by Gasteiger charge is -2.23. The van der Waals surface area contributed by atoms with Crippen molar-refractivity contribution in [1.82, 2.24) is 14.9 Å². The van der Waals surface area contributed by atoms with Crippen LogP contribution in [0.2, 0.25) is 0 Å². The highest BCUT2D eigenvalue weighted by Gasteiger charge is 2.13. The molecule has 6 heteroatoms. The number of H-pyrrole nitrogens is 1. The lowest BCUT2D eigenvalue weighted by Crippen LogP contribution is -2.27. The first kappa shape index (κ1) is 14.0. The molecule has 1 N–H and O–H groups in total. The Hall–Kier alpha value is -1.95. The van der Waals surface area contributed by atoms with Crippen LogP contribution in [0.1, 0.15) is 37.9 Å². The summed E-state index contributed by atoms with van der Waals surface area (Å²) >= 11 is 0. The first-order valence-corrected chi connectivity index (χ1v) is 7.58. The van der Waals surface area contributed by atoms with Crippen LogP contribution < -0.4 is 0 Å². The molecule has 112 valence electrons. The quantitative estimate of drug-likeness (QED) is 0.695. The van der Waals surface area contributed by atoms with Gasteiger partial charge in [0, 0.05) is 12.1 Å². The monoisotopic (exact) mass is 288 g/mol. The van der Waals surface area contributed by atoms with Gasteiger partial charge >= 0.3 is 0 Å². The second kappa shape index (κ2) is 6.22. The van der Waals surface area contributed by atoms with Crippen LogP contribution in [0, 0.1) is 10.1 Å². The molecule has 0 amide bonds. The summed E-state index contributed by atoms with van der Waals surface area (Å²) in [6, 6.07) is 4.77. The summed E-state index contributed by atoms with van der Waals surface area (Å²) in [6.07, 6.45) is 6.45. The van der Waals surface area contributed by atoms with Gasteiger partial charge in [-0.25, -0.2) is 4.98 Å². The van der Waals surface area contributed by atoms with E-state index in [1.165, 1.54) is 38.2 Å². The van der Waals surface area contributed by atoms with Gasteiger partial charge in [0.05, 0.1) is 22.5 Å². The summed E-state index contributed by atoms with van der Waals surface area (Å²) < 4.78 is 0. The van der Waals surface area contributed by atoms with Gasteiger partial charge < -0.3 is 4.98 Å². The van der Waals surface area contributed by atoms with Crippen LogP contribution >= 0.6 is 0 Å². The predicted molar refractivity (Wildman–Crippen MR) is 81.1 cm³/mol. The van der Waals surface area contributed by atoms with Crippen molar-refractivity contribution >= 4 is 16.7 Å². The lowest BCUT2D eigenvalue weighted by molar-refractivity contribution is -0.384. The van der Waals surface area contributed by atoms with Gasteiger partial charge in [0.1, 0.15) is 5.82 Å². The summed E-state index contributed by atoms with van der Waals surface area (Å²) in [6.45, 7) is 3.01. The van der Waals surface area contributed by atoms with E-state index in [0.29, 0.717) is 0 Å². The number of benzene rings is 1. The number of nitro groups is 1. The smallest absolute Gasteiger partial charge is 0.271 e. The fourth-order valence-electron chi connectivity index (χ4n) is 2.92. The summed E-state index contributed by atoms with van der Waals surface area (Å²) in [5, 5.41) is 10.8. The number of aromatic amines is 1. The molecule has 3 rings (SSSR count). The zero-order valence-electron chi connectivity index (χ0n) is 12.0. The highest BCUT2D eigenvalue weighted by Crippen LogP contribution is 2.20. The number of rotatable bonds is 3. The Labute approximate surface area is 123 Å². The second-order valence-corrected chi connectivity index (χ2v) is 5.69. The molecule has 1 fully saturated rings. The summed E-state index contributed by atoms with van der Waals surface area (Å²) in [4.78, 5) is 20.6. The Kier molecular flexibility index (Phi) is 4.15. The molecule has 1 aromatic carbocycles. The van der Waals surface area contributed by atoms with E-state index >= 15 is 0 Å². The normalized spacial score (nSPS) is 17.5. The van der Waals surface area contributed by atoms with Gasteiger partial charge in [-0.1, -0.05) is 19.3 Å². The molecule has 21 heavy (non-hydrogen) atoms. The molecule has 0 radical (unpaired) electrons. The molecular weight excluding hydrogens is 268 g/mol. The van der Waals surface area contributed by atoms with E-state index in [2.05, 4.69) is 14.9 Å². The SMILES string of the molecule is O=[N+]([O-])c1ccc2nc(CN3CCCCCCC3)[nH]c2c1. The Bertz CT molecular complexity index is 630. The van der Waals surface area contributed by atoms with E-state index in [0.717, 1.165) is 36.5 Å². The fraction of sp³-hybridized carbons (Fsp3) is 0.533. The number of non-ortho nitro benzene ring substituents is 1. The standard InChI is InChI=1S/C15H20N4O2/c20-19(21)12-6-7-13-14(10-12)17-15(16-13)11-18-8-4-2-1-3-5-9-18/h6-7,10H,1-5,8-9,11H2,(H,16,17). The maximum absolute atomic E-state index is 10.8. The number of nitrogens with zero attached hydrogens (tertiary/aromatic N) is 3. The minimum absolute atomic E-state index is 0.101. The maximum atomic E-state index is 10.8. The van der Waals surface area contributed by atoms with Gasteiger partial charge in [-0.15, -0.1) is 0 Å². The van der Waals surface area contributed by atoms with Crippen LogP contribution in [-0.2, 0) is 6.54 Å². The minimum atomic E-state index is -0.377. The number of nitro benzene ring substituents is 1. The fourth-order valence-corrected chi connectivity index (χ4v) is 2.92. The highest BCUT2D eigenvalue weighted by atomic mass is 16.6. The van der Waals surface area contributed by atoms with Crippen molar-refractivity contribution in [2.45, 2.75) is 38.6 Å². The maximum Gasteiger partial charge on any atom is 0.271 e. The molecule has 0 spiro atoms. The summed E-state index contributed by atoms with van der Waals surface area (Å²) in [5.41, 5.74) is 1.64. The van der Waals surface area contributed by atoms with Gasteiger partial charge in [-0.3, -0.25) is 15.0 Å². The van der Waals surface area contributed by atoms with Gasteiger partial charge in [-0.2, -0.15) is 0 Å². The van der Waals surface area contributed by atoms with Crippen LogP contribution in [0.5, 0.6) is 0 Å². The number of hydrogen-bond donors (Lipinski definition) is 1. The molecule has 0 aliphatic carbocycles. The topological polar surface area (TPSA) is 75.1 Å². The molecule has 0 saturated carbocycles. The van der Waals surface area contributed by atoms with Crippen LogP contribution in [0.3, 0.4) is 0 Å². The highest BCUT2D eigenvalue weighted by molar-refractivity contribution is 5.77. The molecule has 0 atom stereocenters. The molecular formula is C15H20N4O2. The lowest BCUT2D eigenvalue weighted by atomic mass is 10.1. The van der Waals surface area contributed by atoms with Gasteiger partial charge in [0.2, 0.25) is 0 Å². The number of imidazole rings is 1. The molecule has 0 bridgehead atoms. The Morgan fingerprint density at radius 3 is 2.62 bits per heavy atom. The van der Waals surface area contributed by atoms with E-state index in [4.69, 9.17) is 0 Å². The first-order valence-electron chi connectivity index (χ1n) is 7.58. The molecule has 1 aromatic heterocycles. The van der Waals surface area contributed by atoms with E-state index in [1.807, 2.05) is 0 Å². The van der Waals surface area contributed by atoms with Gasteiger partial charge in [-0.05, 0) is 32.0 Å². The Morgan fingerprint density at radius 2 is 1.90 bits per heavy atom. The number of nitrogens with one attached hydrogen (secondary N) is 1. The molecule has 0 unspecified atom stereocenters. The minimum Gasteiger partial charge on any atom is -0.341 e. The van der Waals surface area contributed by atoms with Crippen molar-refractivity contribution in [2.24, 2.45) is 0 Å². The zero-order chi connectivity index (χ0) is 14.7. The third-order valence-electron chi connectivity index (χ3n) is 4.05. The summed E-state index contributed by atoms with van der Waals surface area (Å²) in [5.74, 6) is 0.895. The van der Waals surface area contributed by atoms with Gasteiger partial charge in [0.15, 0.2) is 0 Å². The van der Waals surface area contributed by atoms with Crippen LogP contribution in [0.4, 0.5) is 5.69 Å². The molecule has 1 aliphatic heterocycles. The second-order valence-electron chi connectivity index (χ2n) is 5.69. The van der Waals surface area contributed by atoms with E-state index < -0.39 is 0 Å². The van der Waals surface area contributed by atoms with Gasteiger partial charge in [0.25, 0.3) is 5.69 Å². The van der Waals surface area contributed by atoms with Crippen LogP contribution in [0.25, 0.3) is 11.0 Å². The Morgan fingerprint density at radius 1 is 1.19 bits per heavy atom. The molecule has 6 nitrogen and oxygen atoms in total. The van der Waals surface area contributed by atoms with Crippen molar-refractivity contribution < 1.29 is 4.92 Å². The van der Waals surface area contributed by atoms with Crippen LogP contribution in [0.15, 0.2) is 18.2 Å². The molecule has 2 heterocycles. The van der Waals surface area contributed by atoms with E-state index in [1.54, 1.807) is 12.1 Å². The van der Waals surface area contributed by atoms with Crippen molar-refractivity contribution in [3.63, 3.8) is 0 Å². The number of aromatic nitrogens is 2. The van der Waals surface area contributed by atoms with Crippen molar-refractivity contribution in [1.29, 1.82) is 0 Å². The Balaban J connectivity index is 1.75. The number of fused-ring (bicyclic) bond motifs is 1. The predicted octanol–water partition coefficient (Wildman–Crippen LogP) is 3.24. The molecule has 1 aliphatic rings. The third-order valence-corrected chi connectivity index (χ3v) is 4.05. The third kappa shape index (κ3) is 3.39. The van der Waals surface area contributed by atoms with E-state index in [9.17, 15) is 10.1 Å². The van der Waals surface area contributed by atoms with E-state index in [-0.39, 0.29) is 10.6 Å². The van der Waals surface area contributed by atoms with Crippen molar-refractivity contribution in [3.05, 3.63) is 34.1 Å².